The Morgan fingerprint density at radius 2 is 1.97 bits per heavy atom. The van der Waals surface area contributed by atoms with Gasteiger partial charge in [0.15, 0.2) is 0 Å². The van der Waals surface area contributed by atoms with Gasteiger partial charge in [-0.3, -0.25) is 9.59 Å². The van der Waals surface area contributed by atoms with Crippen LogP contribution in [-0.4, -0.2) is 35.1 Å². The number of primary amides is 1. The Balaban J connectivity index is 0.000000261. The SMILES string of the molecule is CCCc1ccc(OC)nc1.CC[C@@H](NC(=O)c1cc(C(N)=O)n2c1COCC2)c1ccccc1. The lowest BCUT2D eigenvalue weighted by molar-refractivity contribution is 0.0784. The molecule has 1 aromatic carbocycles. The quantitative estimate of drug-likeness (QED) is 0.508. The number of ether oxygens (including phenoxy) is 2. The summed E-state index contributed by atoms with van der Waals surface area (Å²) in [4.78, 5) is 28.5. The zero-order chi connectivity index (χ0) is 25.2. The Kier molecular flexibility index (Phi) is 9.43. The molecule has 1 atom stereocenters. The van der Waals surface area contributed by atoms with Crippen LogP contribution in [-0.2, 0) is 24.3 Å². The number of carbonyl (C=O) groups excluding carboxylic acids is 2. The van der Waals surface area contributed by atoms with Crippen molar-refractivity contribution in [2.24, 2.45) is 5.73 Å². The minimum absolute atomic E-state index is 0.0872. The number of nitrogens with two attached hydrogens (primary N) is 1. The van der Waals surface area contributed by atoms with Crippen molar-refractivity contribution in [3.05, 3.63) is 82.8 Å². The van der Waals surface area contributed by atoms with E-state index in [-0.39, 0.29) is 11.9 Å². The molecule has 0 spiro atoms. The fraction of sp³-hybridized carbons (Fsp3) is 0.370. The molecule has 4 rings (SSSR count). The molecule has 1 aliphatic rings. The lowest BCUT2D eigenvalue weighted by Gasteiger charge is -2.20. The second-order valence-electron chi connectivity index (χ2n) is 8.26. The van der Waals surface area contributed by atoms with Gasteiger partial charge in [-0.1, -0.05) is 56.7 Å². The molecule has 3 aromatic rings. The molecule has 1 aliphatic heterocycles. The van der Waals surface area contributed by atoms with Crippen LogP contribution < -0.4 is 15.8 Å². The van der Waals surface area contributed by atoms with Crippen LogP contribution in [0.3, 0.4) is 0 Å². The smallest absolute Gasteiger partial charge is 0.265 e. The summed E-state index contributed by atoms with van der Waals surface area (Å²) < 4.78 is 12.2. The number of hydrogen-bond donors (Lipinski definition) is 2. The van der Waals surface area contributed by atoms with E-state index in [2.05, 4.69) is 23.3 Å². The molecule has 8 nitrogen and oxygen atoms in total. The predicted octanol–water partition coefficient (Wildman–Crippen LogP) is 4.04. The molecular weight excluding hydrogens is 444 g/mol. The average Bonchev–Trinajstić information content (AvgIpc) is 3.29. The van der Waals surface area contributed by atoms with E-state index in [0.717, 1.165) is 24.8 Å². The number of nitrogens with zero attached hydrogens (tertiary/aromatic N) is 2. The topological polar surface area (TPSA) is 108 Å². The summed E-state index contributed by atoms with van der Waals surface area (Å²) in [5.41, 5.74) is 9.27. The van der Waals surface area contributed by atoms with Gasteiger partial charge in [-0.2, -0.15) is 0 Å². The van der Waals surface area contributed by atoms with Crippen molar-refractivity contribution in [3.63, 3.8) is 0 Å². The molecule has 0 bridgehead atoms. The molecule has 0 saturated heterocycles. The van der Waals surface area contributed by atoms with E-state index >= 15 is 0 Å². The first-order valence-electron chi connectivity index (χ1n) is 11.9. The van der Waals surface area contributed by atoms with Gasteiger partial charge in [-0.15, -0.1) is 0 Å². The highest BCUT2D eigenvalue weighted by molar-refractivity contribution is 6.00. The van der Waals surface area contributed by atoms with E-state index in [4.69, 9.17) is 15.2 Å². The van der Waals surface area contributed by atoms with Gasteiger partial charge < -0.3 is 25.1 Å². The van der Waals surface area contributed by atoms with Crippen molar-refractivity contribution in [3.8, 4) is 5.88 Å². The fourth-order valence-corrected chi connectivity index (χ4v) is 4.04. The summed E-state index contributed by atoms with van der Waals surface area (Å²) in [6.07, 6.45) is 4.89. The number of aromatic nitrogens is 2. The first kappa shape index (κ1) is 26.0. The van der Waals surface area contributed by atoms with E-state index in [1.165, 1.54) is 5.56 Å². The third kappa shape index (κ3) is 6.70. The second kappa shape index (κ2) is 12.7. The van der Waals surface area contributed by atoms with Crippen molar-refractivity contribution in [1.29, 1.82) is 0 Å². The molecule has 0 fully saturated rings. The van der Waals surface area contributed by atoms with E-state index in [0.29, 0.717) is 42.6 Å². The lowest BCUT2D eigenvalue weighted by atomic mass is 10.0. The number of aryl methyl sites for hydroxylation is 1. The number of rotatable bonds is 8. The molecule has 0 aliphatic carbocycles. The van der Waals surface area contributed by atoms with Crippen LogP contribution in [0.4, 0.5) is 0 Å². The number of carbonyl (C=O) groups is 2. The van der Waals surface area contributed by atoms with Crippen molar-refractivity contribution in [1.82, 2.24) is 14.9 Å². The monoisotopic (exact) mass is 478 g/mol. The van der Waals surface area contributed by atoms with Crippen molar-refractivity contribution < 1.29 is 19.1 Å². The minimum Gasteiger partial charge on any atom is -0.481 e. The summed E-state index contributed by atoms with van der Waals surface area (Å²) in [5.74, 6) is -0.0652. The van der Waals surface area contributed by atoms with Crippen LogP contribution in [0.25, 0.3) is 0 Å². The highest BCUT2D eigenvalue weighted by Crippen LogP contribution is 2.23. The minimum atomic E-state index is -0.535. The highest BCUT2D eigenvalue weighted by Gasteiger charge is 2.26. The largest absolute Gasteiger partial charge is 0.481 e. The van der Waals surface area contributed by atoms with E-state index in [1.807, 2.05) is 49.5 Å². The zero-order valence-electron chi connectivity index (χ0n) is 20.6. The average molecular weight is 479 g/mol. The molecule has 0 unspecified atom stereocenters. The van der Waals surface area contributed by atoms with Crippen LogP contribution in [0, 0.1) is 0 Å². The molecule has 2 amide bonds. The Morgan fingerprint density at radius 1 is 1.20 bits per heavy atom. The molecular formula is C27H34N4O4. The molecule has 2 aromatic heterocycles. The number of nitrogens with one attached hydrogen (secondary N) is 1. The van der Waals surface area contributed by atoms with Gasteiger partial charge in [0.05, 0.1) is 37.6 Å². The predicted molar refractivity (Wildman–Crippen MR) is 134 cm³/mol. The van der Waals surface area contributed by atoms with Crippen molar-refractivity contribution >= 4 is 11.8 Å². The zero-order valence-corrected chi connectivity index (χ0v) is 20.6. The maximum absolute atomic E-state index is 12.8. The standard InChI is InChI=1S/C18H21N3O3.C9H13NO/c1-2-14(12-6-4-3-5-7-12)20-18(23)13-10-15(17(19)22)21-8-9-24-11-16(13)21;1-3-4-8-5-6-9(11-2)10-7-8/h3-7,10,14H,2,8-9,11H2,1H3,(H2,19,22)(H,20,23);5-7H,3-4H2,1-2H3/t14-;/m1./s1. The Hall–Kier alpha value is -3.65. The van der Waals surface area contributed by atoms with Gasteiger partial charge >= 0.3 is 0 Å². The normalized spacial score (nSPS) is 13.1. The summed E-state index contributed by atoms with van der Waals surface area (Å²) in [6.45, 7) is 5.51. The Morgan fingerprint density at radius 3 is 2.57 bits per heavy atom. The van der Waals surface area contributed by atoms with Crippen LogP contribution in [0.15, 0.2) is 54.7 Å². The van der Waals surface area contributed by atoms with Crippen LogP contribution >= 0.6 is 0 Å². The second-order valence-corrected chi connectivity index (χ2v) is 8.26. The molecule has 35 heavy (non-hydrogen) atoms. The highest BCUT2D eigenvalue weighted by atomic mass is 16.5. The third-order valence-electron chi connectivity index (χ3n) is 5.86. The summed E-state index contributed by atoms with van der Waals surface area (Å²) in [7, 11) is 1.63. The van der Waals surface area contributed by atoms with Gasteiger partial charge in [0.2, 0.25) is 5.88 Å². The van der Waals surface area contributed by atoms with Crippen molar-refractivity contribution in [2.75, 3.05) is 13.7 Å². The van der Waals surface area contributed by atoms with Crippen LogP contribution in [0.5, 0.6) is 5.88 Å². The first-order chi connectivity index (χ1) is 17.0. The van der Waals surface area contributed by atoms with Gasteiger partial charge in [0.25, 0.3) is 11.8 Å². The number of methoxy groups -OCH3 is 1. The molecule has 0 saturated carbocycles. The Bertz CT molecular complexity index is 1110. The maximum atomic E-state index is 12.8. The number of fused-ring (bicyclic) bond motifs is 1. The summed E-state index contributed by atoms with van der Waals surface area (Å²) in [5, 5.41) is 3.04. The van der Waals surface area contributed by atoms with Gasteiger partial charge in [-0.05, 0) is 30.0 Å². The van der Waals surface area contributed by atoms with E-state index in [9.17, 15) is 9.59 Å². The summed E-state index contributed by atoms with van der Waals surface area (Å²) in [6, 6.07) is 15.2. The Labute approximate surface area is 206 Å². The summed E-state index contributed by atoms with van der Waals surface area (Å²) >= 11 is 0. The fourth-order valence-electron chi connectivity index (χ4n) is 4.04. The van der Waals surface area contributed by atoms with Gasteiger partial charge in [0.1, 0.15) is 5.69 Å². The number of hydrogen-bond acceptors (Lipinski definition) is 5. The molecule has 3 heterocycles. The van der Waals surface area contributed by atoms with Crippen LogP contribution in [0.1, 0.15) is 70.4 Å². The van der Waals surface area contributed by atoms with Crippen LogP contribution in [0.2, 0.25) is 0 Å². The molecule has 186 valence electrons. The number of amides is 2. The molecule has 0 radical (unpaired) electrons. The number of pyridine rings is 1. The number of benzene rings is 1. The van der Waals surface area contributed by atoms with E-state index < -0.39 is 5.91 Å². The van der Waals surface area contributed by atoms with E-state index in [1.54, 1.807) is 17.7 Å². The molecule has 8 heteroatoms. The van der Waals surface area contributed by atoms with Crippen molar-refractivity contribution in [2.45, 2.75) is 52.3 Å². The third-order valence-corrected chi connectivity index (χ3v) is 5.86. The maximum Gasteiger partial charge on any atom is 0.265 e. The lowest BCUT2D eigenvalue weighted by Crippen LogP contribution is -2.29. The molecule has 3 N–H and O–H groups in total. The van der Waals surface area contributed by atoms with Gasteiger partial charge in [-0.25, -0.2) is 4.98 Å². The first-order valence-corrected chi connectivity index (χ1v) is 11.9. The van der Waals surface area contributed by atoms with Gasteiger partial charge in [0, 0.05) is 18.8 Å².